The highest BCUT2D eigenvalue weighted by Gasteiger charge is 2.34. The minimum absolute atomic E-state index is 0.0957. The van der Waals surface area contributed by atoms with Crippen LogP contribution in [0.15, 0.2) is 24.4 Å². The molecule has 0 fully saturated rings. The van der Waals surface area contributed by atoms with E-state index in [1.54, 1.807) is 30.0 Å². The Hall–Kier alpha value is -2.83. The predicted molar refractivity (Wildman–Crippen MR) is 94.4 cm³/mol. The van der Waals surface area contributed by atoms with Crippen LogP contribution in [0.4, 0.5) is 16.2 Å². The minimum atomic E-state index is -0.459. The third kappa shape index (κ3) is 3.10. The van der Waals surface area contributed by atoms with Gasteiger partial charge in [-0.05, 0) is 31.5 Å². The molecule has 0 aromatic heterocycles. The number of ether oxygens (including phenoxy) is 1. The van der Waals surface area contributed by atoms with E-state index in [2.05, 4.69) is 0 Å². The van der Waals surface area contributed by atoms with E-state index < -0.39 is 6.09 Å². The average molecular weight is 330 g/mol. The molecule has 0 aliphatic carbocycles. The molecule has 1 aromatic rings. The summed E-state index contributed by atoms with van der Waals surface area (Å²) in [6, 6.07) is 5.12. The van der Waals surface area contributed by atoms with Gasteiger partial charge in [0.15, 0.2) is 0 Å². The predicted octanol–water partition coefficient (Wildman–Crippen LogP) is 2.35. The first-order valence-electron chi connectivity index (χ1n) is 7.75. The van der Waals surface area contributed by atoms with Crippen LogP contribution in [-0.4, -0.2) is 37.4 Å². The van der Waals surface area contributed by atoms with Crippen molar-refractivity contribution in [3.63, 3.8) is 0 Å². The number of nitrogens with two attached hydrogens (primary N) is 1. The molecule has 1 aliphatic rings. The quantitative estimate of drug-likeness (QED) is 0.831. The molecule has 3 N–H and O–H groups in total. The van der Waals surface area contributed by atoms with Crippen LogP contribution in [0.3, 0.4) is 0 Å². The summed E-state index contributed by atoms with van der Waals surface area (Å²) >= 11 is 0. The van der Waals surface area contributed by atoms with E-state index in [4.69, 9.17) is 15.9 Å². The summed E-state index contributed by atoms with van der Waals surface area (Å²) in [5.74, 6) is -0.0957. The molecule has 0 spiro atoms. The number of rotatable bonds is 3. The molecule has 2 rings (SSSR count). The van der Waals surface area contributed by atoms with Gasteiger partial charge in [-0.1, -0.05) is 6.07 Å². The molecule has 1 unspecified atom stereocenters. The first-order valence-corrected chi connectivity index (χ1v) is 7.75. The first-order chi connectivity index (χ1) is 11.4. The van der Waals surface area contributed by atoms with Gasteiger partial charge in [0.05, 0.1) is 24.0 Å². The molecule has 7 heteroatoms. The Morgan fingerprint density at radius 3 is 2.67 bits per heavy atom. The molecule has 0 saturated carbocycles. The summed E-state index contributed by atoms with van der Waals surface area (Å²) in [5, 5.41) is 7.44. The van der Waals surface area contributed by atoms with Crippen molar-refractivity contribution in [3.8, 4) is 0 Å². The minimum Gasteiger partial charge on any atom is -0.449 e. The Bertz CT molecular complexity index is 699. The lowest BCUT2D eigenvalue weighted by molar-refractivity contribution is -0.117. The number of hydrogen-bond donors (Lipinski definition) is 2. The van der Waals surface area contributed by atoms with Gasteiger partial charge >= 0.3 is 6.09 Å². The maximum atomic E-state index is 12.3. The largest absolute Gasteiger partial charge is 0.449 e. The molecule has 7 nitrogen and oxygen atoms in total. The molecule has 1 atom stereocenters. The Morgan fingerprint density at radius 2 is 2.12 bits per heavy atom. The highest BCUT2D eigenvalue weighted by atomic mass is 16.6. The van der Waals surface area contributed by atoms with Crippen LogP contribution in [-0.2, 0) is 9.53 Å². The number of allylic oxidation sites excluding steroid dienone is 1. The van der Waals surface area contributed by atoms with Gasteiger partial charge in [-0.3, -0.25) is 9.69 Å². The first kappa shape index (κ1) is 17.5. The number of carbonyl (C=O) groups is 2. The van der Waals surface area contributed by atoms with Crippen molar-refractivity contribution in [1.82, 2.24) is 0 Å². The Balaban J connectivity index is 2.60. The number of nitrogens with one attached hydrogen (secondary N) is 1. The van der Waals surface area contributed by atoms with E-state index in [0.29, 0.717) is 29.1 Å². The van der Waals surface area contributed by atoms with Crippen LogP contribution < -0.4 is 15.5 Å². The van der Waals surface area contributed by atoms with Crippen LogP contribution in [0.1, 0.15) is 26.3 Å². The highest BCUT2D eigenvalue weighted by molar-refractivity contribution is 6.10. The molecule has 1 aliphatic heterocycles. The second-order valence-corrected chi connectivity index (χ2v) is 5.52. The fraction of sp³-hybridized carbons (Fsp3) is 0.353. The molecule has 24 heavy (non-hydrogen) atoms. The zero-order valence-corrected chi connectivity index (χ0v) is 14.1. The third-order valence-corrected chi connectivity index (χ3v) is 3.91. The Morgan fingerprint density at radius 1 is 1.42 bits per heavy atom. The molecular weight excluding hydrogens is 308 g/mol. The van der Waals surface area contributed by atoms with Crippen LogP contribution >= 0.6 is 0 Å². The fourth-order valence-electron chi connectivity index (χ4n) is 2.89. The van der Waals surface area contributed by atoms with E-state index in [-0.39, 0.29) is 18.6 Å². The molecule has 0 bridgehead atoms. The summed E-state index contributed by atoms with van der Waals surface area (Å²) in [6.45, 7) is 5.73. The molecule has 0 saturated heterocycles. The second kappa shape index (κ2) is 7.16. The van der Waals surface area contributed by atoms with Gasteiger partial charge in [0.2, 0.25) is 5.91 Å². The zero-order chi connectivity index (χ0) is 17.9. The van der Waals surface area contributed by atoms with Gasteiger partial charge in [-0.2, -0.15) is 0 Å². The molecular formula is C17H22N4O3. The average Bonchev–Trinajstić information content (AvgIpc) is 2.55. The zero-order valence-electron chi connectivity index (χ0n) is 14.1. The van der Waals surface area contributed by atoms with Crippen molar-refractivity contribution in [1.29, 1.82) is 5.41 Å². The maximum Gasteiger partial charge on any atom is 0.414 e. The summed E-state index contributed by atoms with van der Waals surface area (Å²) in [7, 11) is 0. The lowest BCUT2D eigenvalue weighted by Crippen LogP contribution is -2.51. The lowest BCUT2D eigenvalue weighted by Gasteiger charge is -2.40. The molecule has 1 heterocycles. The smallest absolute Gasteiger partial charge is 0.414 e. The number of carbonyl (C=O) groups excluding carboxylic acids is 2. The normalized spacial score (nSPS) is 17.3. The van der Waals surface area contributed by atoms with Crippen molar-refractivity contribution in [2.45, 2.75) is 26.8 Å². The van der Waals surface area contributed by atoms with Gasteiger partial charge in [-0.15, -0.1) is 0 Å². The fourth-order valence-corrected chi connectivity index (χ4v) is 2.89. The monoisotopic (exact) mass is 330 g/mol. The number of anilines is 2. The molecule has 1 aromatic carbocycles. The van der Waals surface area contributed by atoms with Gasteiger partial charge in [-0.25, -0.2) is 4.79 Å². The maximum absolute atomic E-state index is 12.3. The molecule has 2 amide bonds. The second-order valence-electron chi connectivity index (χ2n) is 5.52. The molecule has 128 valence electrons. The van der Waals surface area contributed by atoms with E-state index in [1.807, 2.05) is 6.92 Å². The van der Waals surface area contributed by atoms with Crippen molar-refractivity contribution < 1.29 is 14.3 Å². The van der Waals surface area contributed by atoms with Crippen LogP contribution in [0.5, 0.6) is 0 Å². The number of hydrogen-bond acceptors (Lipinski definition) is 5. The standard InChI is InChI=1S/C17H22N4O3/c1-4-24-17(23)20-10-11(2)21(12(3)22)15-6-5-13(7-16(15)20)14(8-18)9-19/h5-9,11,18H,4,10,19H2,1-3H3/b14-9+,18-8?. The van der Waals surface area contributed by atoms with Gasteiger partial charge < -0.3 is 20.8 Å². The van der Waals surface area contributed by atoms with Gasteiger partial charge in [0.1, 0.15) is 0 Å². The van der Waals surface area contributed by atoms with Crippen molar-refractivity contribution in [2.75, 3.05) is 23.0 Å². The van der Waals surface area contributed by atoms with Crippen molar-refractivity contribution in [3.05, 3.63) is 30.0 Å². The number of benzene rings is 1. The number of amides is 2. The summed E-state index contributed by atoms with van der Waals surface area (Å²) < 4.78 is 5.13. The molecule has 0 radical (unpaired) electrons. The van der Waals surface area contributed by atoms with Crippen molar-refractivity contribution >= 4 is 35.2 Å². The third-order valence-electron chi connectivity index (χ3n) is 3.91. The van der Waals surface area contributed by atoms with Gasteiger partial charge in [0, 0.05) is 31.5 Å². The number of fused-ring (bicyclic) bond motifs is 1. The Kier molecular flexibility index (Phi) is 5.23. The topological polar surface area (TPSA) is 99.7 Å². The van der Waals surface area contributed by atoms with Crippen LogP contribution in [0, 0.1) is 5.41 Å². The number of nitrogens with zero attached hydrogens (tertiary/aromatic N) is 2. The summed E-state index contributed by atoms with van der Waals surface area (Å²) in [6.07, 6.45) is 2.02. The summed E-state index contributed by atoms with van der Waals surface area (Å²) in [5.41, 5.74) is 7.97. The SMILES string of the molecule is CCOC(=O)N1CC(C)N(C(C)=O)c2ccc(/C(C=N)=C/N)cc21. The summed E-state index contributed by atoms with van der Waals surface area (Å²) in [4.78, 5) is 27.5. The van der Waals surface area contributed by atoms with E-state index in [1.165, 1.54) is 18.0 Å². The lowest BCUT2D eigenvalue weighted by atomic mass is 10.0. The van der Waals surface area contributed by atoms with Crippen LogP contribution in [0.25, 0.3) is 5.57 Å². The van der Waals surface area contributed by atoms with Gasteiger partial charge in [0.25, 0.3) is 0 Å². The van der Waals surface area contributed by atoms with Crippen molar-refractivity contribution in [2.24, 2.45) is 5.73 Å². The Labute approximate surface area is 141 Å². The van der Waals surface area contributed by atoms with Crippen LogP contribution in [0.2, 0.25) is 0 Å². The highest BCUT2D eigenvalue weighted by Crippen LogP contribution is 2.37. The van der Waals surface area contributed by atoms with E-state index >= 15 is 0 Å². The van der Waals surface area contributed by atoms with E-state index in [9.17, 15) is 9.59 Å². The van der Waals surface area contributed by atoms with E-state index in [0.717, 1.165) is 6.21 Å².